The largest absolute Gasteiger partial charge is 0.385 e. The first-order valence-corrected chi connectivity index (χ1v) is 6.88. The molecule has 1 saturated carbocycles. The summed E-state index contributed by atoms with van der Waals surface area (Å²) >= 11 is 0. The fourth-order valence-corrected chi connectivity index (χ4v) is 3.99. The minimum atomic E-state index is -0.736. The lowest BCUT2D eigenvalue weighted by Gasteiger charge is -2.51. The Bertz CT molecular complexity index is 332. The average molecular weight is 236 g/mol. The van der Waals surface area contributed by atoms with Gasteiger partial charge in [0.2, 0.25) is 0 Å². The van der Waals surface area contributed by atoms with E-state index in [0.29, 0.717) is 23.7 Å². The quantitative estimate of drug-likeness (QED) is 0.748. The van der Waals surface area contributed by atoms with E-state index < -0.39 is 5.60 Å². The molecule has 2 rings (SSSR count). The molecule has 0 spiro atoms. The summed E-state index contributed by atoms with van der Waals surface area (Å²) in [5.41, 5.74) is 0.0591. The van der Waals surface area contributed by atoms with Gasteiger partial charge in [0.25, 0.3) is 0 Å². The molecule has 0 heterocycles. The van der Waals surface area contributed by atoms with Crippen LogP contribution < -0.4 is 0 Å². The number of aldehydes is 1. The van der Waals surface area contributed by atoms with E-state index in [1.54, 1.807) is 0 Å². The van der Waals surface area contributed by atoms with Crippen molar-refractivity contribution in [3.05, 3.63) is 11.6 Å². The van der Waals surface area contributed by atoms with Crippen LogP contribution in [0.25, 0.3) is 0 Å². The van der Waals surface area contributed by atoms with Crippen LogP contribution in [0.4, 0.5) is 0 Å². The van der Waals surface area contributed by atoms with Gasteiger partial charge in [-0.25, -0.2) is 0 Å². The molecule has 0 aromatic rings. The zero-order valence-corrected chi connectivity index (χ0v) is 11.1. The molecule has 0 bridgehead atoms. The molecule has 0 aromatic heterocycles. The van der Waals surface area contributed by atoms with Crippen LogP contribution in [0.15, 0.2) is 11.6 Å². The van der Waals surface area contributed by atoms with Crippen LogP contribution in [0.2, 0.25) is 0 Å². The molecule has 1 fully saturated rings. The van der Waals surface area contributed by atoms with Gasteiger partial charge in [-0.05, 0) is 61.0 Å². The second-order valence-corrected chi connectivity index (χ2v) is 6.27. The Labute approximate surface area is 104 Å². The third kappa shape index (κ3) is 2.08. The topological polar surface area (TPSA) is 37.3 Å². The molecular formula is C15H24O2. The molecule has 2 aliphatic rings. The Morgan fingerprint density at radius 1 is 1.41 bits per heavy atom. The van der Waals surface area contributed by atoms with E-state index in [0.717, 1.165) is 31.1 Å². The lowest BCUT2D eigenvalue weighted by atomic mass is 9.57. The van der Waals surface area contributed by atoms with E-state index in [2.05, 4.69) is 20.8 Å². The lowest BCUT2D eigenvalue weighted by molar-refractivity contribution is -0.110. The van der Waals surface area contributed by atoms with Gasteiger partial charge in [0.05, 0.1) is 5.60 Å². The van der Waals surface area contributed by atoms with Crippen LogP contribution in [0.5, 0.6) is 0 Å². The summed E-state index contributed by atoms with van der Waals surface area (Å²) in [6, 6.07) is 0. The molecule has 1 N–H and O–H groups in total. The number of fused-ring (bicyclic) bond motifs is 1. The van der Waals surface area contributed by atoms with Crippen molar-refractivity contribution < 1.29 is 9.90 Å². The zero-order chi connectivity index (χ0) is 12.6. The summed E-state index contributed by atoms with van der Waals surface area (Å²) in [5, 5.41) is 11.1. The number of carbonyl (C=O) groups excluding carboxylic acids is 1. The van der Waals surface area contributed by atoms with Crippen LogP contribution in [0.1, 0.15) is 46.5 Å². The third-order valence-electron chi connectivity index (χ3n) is 4.92. The fraction of sp³-hybridized carbons (Fsp3) is 0.800. The molecule has 2 aliphatic carbocycles. The molecule has 0 saturated heterocycles. The van der Waals surface area contributed by atoms with Crippen LogP contribution in [0.3, 0.4) is 0 Å². The highest BCUT2D eigenvalue weighted by Gasteiger charge is 2.50. The van der Waals surface area contributed by atoms with E-state index in [1.807, 2.05) is 6.08 Å². The zero-order valence-electron chi connectivity index (χ0n) is 11.1. The summed E-state index contributed by atoms with van der Waals surface area (Å²) < 4.78 is 0. The number of carbonyl (C=O) groups is 1. The number of allylic oxidation sites excluding steroid dienone is 1. The van der Waals surface area contributed by atoms with Gasteiger partial charge in [-0.1, -0.05) is 20.8 Å². The van der Waals surface area contributed by atoms with Gasteiger partial charge in [-0.2, -0.15) is 0 Å². The maximum atomic E-state index is 11.1. The van der Waals surface area contributed by atoms with Gasteiger partial charge < -0.3 is 5.11 Å². The third-order valence-corrected chi connectivity index (χ3v) is 4.92. The highest BCUT2D eigenvalue weighted by molar-refractivity contribution is 5.74. The smallest absolute Gasteiger partial charge is 0.145 e. The second-order valence-electron chi connectivity index (χ2n) is 6.27. The highest BCUT2D eigenvalue weighted by atomic mass is 16.3. The molecule has 0 unspecified atom stereocenters. The lowest BCUT2D eigenvalue weighted by Crippen LogP contribution is -2.53. The minimum Gasteiger partial charge on any atom is -0.385 e. The molecule has 0 aliphatic heterocycles. The first kappa shape index (κ1) is 12.8. The van der Waals surface area contributed by atoms with E-state index in [1.165, 1.54) is 6.42 Å². The van der Waals surface area contributed by atoms with Crippen molar-refractivity contribution >= 4 is 6.29 Å². The Balaban J connectivity index is 2.38. The normalized spacial score (nSPS) is 41.9. The summed E-state index contributed by atoms with van der Waals surface area (Å²) in [6.45, 7) is 6.60. The maximum Gasteiger partial charge on any atom is 0.145 e. The Morgan fingerprint density at radius 2 is 2.12 bits per heavy atom. The van der Waals surface area contributed by atoms with Crippen molar-refractivity contribution in [2.24, 2.45) is 23.7 Å². The van der Waals surface area contributed by atoms with Crippen molar-refractivity contribution in [1.82, 2.24) is 0 Å². The molecule has 0 radical (unpaired) electrons. The molecule has 2 nitrogen and oxygen atoms in total. The van der Waals surface area contributed by atoms with Crippen LogP contribution in [-0.4, -0.2) is 17.0 Å². The van der Waals surface area contributed by atoms with Gasteiger partial charge in [-0.15, -0.1) is 0 Å². The Hall–Kier alpha value is -0.630. The van der Waals surface area contributed by atoms with E-state index in [9.17, 15) is 9.90 Å². The van der Waals surface area contributed by atoms with Crippen molar-refractivity contribution in [2.75, 3.05) is 0 Å². The molecular weight excluding hydrogens is 212 g/mol. The second kappa shape index (κ2) is 4.56. The molecule has 17 heavy (non-hydrogen) atoms. The molecule has 0 amide bonds. The number of hydrogen-bond acceptors (Lipinski definition) is 2. The van der Waals surface area contributed by atoms with E-state index in [4.69, 9.17) is 0 Å². The van der Waals surface area contributed by atoms with Gasteiger partial charge in [0.15, 0.2) is 0 Å². The van der Waals surface area contributed by atoms with Crippen molar-refractivity contribution in [2.45, 2.75) is 52.1 Å². The summed E-state index contributed by atoms with van der Waals surface area (Å²) in [7, 11) is 0. The van der Waals surface area contributed by atoms with Crippen LogP contribution in [-0.2, 0) is 4.79 Å². The average Bonchev–Trinajstić information content (AvgIpc) is 2.27. The monoisotopic (exact) mass is 236 g/mol. The van der Waals surface area contributed by atoms with Crippen molar-refractivity contribution in [1.29, 1.82) is 0 Å². The summed E-state index contributed by atoms with van der Waals surface area (Å²) in [6.07, 6.45) is 6.89. The first-order valence-electron chi connectivity index (χ1n) is 6.88. The number of aliphatic hydroxyl groups is 1. The van der Waals surface area contributed by atoms with E-state index in [-0.39, 0.29) is 0 Å². The summed E-state index contributed by atoms with van der Waals surface area (Å²) in [4.78, 5) is 11.0. The van der Waals surface area contributed by atoms with Gasteiger partial charge in [-0.3, -0.25) is 4.79 Å². The predicted molar refractivity (Wildman–Crippen MR) is 68.5 cm³/mol. The SMILES string of the molecule is CC(C)[C@@H]1CC[C@@H](C)[C@@H]2CCC(C=O)=C[C@@]12O. The van der Waals surface area contributed by atoms with Gasteiger partial charge in [0.1, 0.15) is 6.29 Å². The Morgan fingerprint density at radius 3 is 2.71 bits per heavy atom. The maximum absolute atomic E-state index is 11.1. The van der Waals surface area contributed by atoms with Crippen molar-refractivity contribution in [3.8, 4) is 0 Å². The highest BCUT2D eigenvalue weighted by Crippen LogP contribution is 2.50. The minimum absolute atomic E-state index is 0.305. The summed E-state index contributed by atoms with van der Waals surface area (Å²) in [5.74, 6) is 1.68. The number of hydrogen-bond donors (Lipinski definition) is 1. The van der Waals surface area contributed by atoms with Crippen LogP contribution >= 0.6 is 0 Å². The Kier molecular flexibility index (Phi) is 3.44. The van der Waals surface area contributed by atoms with Crippen molar-refractivity contribution in [3.63, 3.8) is 0 Å². The first-order chi connectivity index (χ1) is 7.99. The van der Waals surface area contributed by atoms with Gasteiger partial charge >= 0.3 is 0 Å². The van der Waals surface area contributed by atoms with Crippen LogP contribution in [0, 0.1) is 23.7 Å². The van der Waals surface area contributed by atoms with Gasteiger partial charge in [0, 0.05) is 0 Å². The molecule has 2 heteroatoms. The standard InChI is InChI=1S/C15H24O2/c1-10(2)13-6-4-11(3)14-7-5-12(9-16)8-15(13,14)17/h8-11,13-14,17H,4-7H2,1-3H3/t11-,13+,14+,15-/m1/s1. The molecule has 96 valence electrons. The molecule has 4 atom stereocenters. The fourth-order valence-electron chi connectivity index (χ4n) is 3.99. The molecule has 0 aromatic carbocycles. The number of rotatable bonds is 2. The predicted octanol–water partition coefficient (Wildman–Crippen LogP) is 2.95. The van der Waals surface area contributed by atoms with E-state index >= 15 is 0 Å².